The number of guanidine groups is 1. The third kappa shape index (κ3) is 7.12. The Bertz CT molecular complexity index is 378. The minimum atomic E-state index is 0.665. The van der Waals surface area contributed by atoms with Crippen molar-refractivity contribution in [3.8, 4) is 0 Å². The second-order valence-electron chi connectivity index (χ2n) is 4.00. The summed E-state index contributed by atoms with van der Waals surface area (Å²) in [5, 5.41) is 7.68. The van der Waals surface area contributed by atoms with Crippen molar-refractivity contribution in [3.63, 3.8) is 0 Å². The molecule has 0 aromatic carbocycles. The molecule has 0 radical (unpaired) electrons. The molecule has 0 amide bonds. The van der Waals surface area contributed by atoms with E-state index in [2.05, 4.69) is 34.5 Å². The van der Waals surface area contributed by atoms with Crippen molar-refractivity contribution >= 4 is 17.3 Å². The molecule has 5 nitrogen and oxygen atoms in total. The van der Waals surface area contributed by atoms with Gasteiger partial charge in [0.05, 0.1) is 18.2 Å². The number of nitrogens with zero attached hydrogens (tertiary/aromatic N) is 2. The fourth-order valence-electron chi connectivity index (χ4n) is 1.51. The van der Waals surface area contributed by atoms with Crippen LogP contribution in [0, 0.1) is 6.92 Å². The molecule has 0 saturated heterocycles. The molecule has 1 heterocycles. The van der Waals surface area contributed by atoms with Crippen molar-refractivity contribution in [1.29, 1.82) is 0 Å². The number of thiazole rings is 1. The van der Waals surface area contributed by atoms with E-state index in [1.54, 1.807) is 11.3 Å². The number of aliphatic imine (C=N–C) groups is 1. The number of hydrogen-bond acceptors (Lipinski definition) is 4. The highest BCUT2D eigenvalue weighted by Gasteiger charge is 2.00. The van der Waals surface area contributed by atoms with Gasteiger partial charge in [-0.3, -0.25) is 4.99 Å². The molecule has 0 atom stereocenters. The Balaban J connectivity index is 2.28. The van der Waals surface area contributed by atoms with Crippen molar-refractivity contribution in [2.24, 2.45) is 4.99 Å². The standard InChI is InChI=1S/C13H24N4OS/c1-4-14-13(16-8-9-18-5-2)15-7-6-12-17-10-11(3)19-12/h10H,4-9H2,1-3H3,(H2,14,15,16). The average Bonchev–Trinajstić information content (AvgIpc) is 2.80. The van der Waals surface area contributed by atoms with Gasteiger partial charge in [0, 0.05) is 37.2 Å². The van der Waals surface area contributed by atoms with Crippen LogP contribution in [0.1, 0.15) is 23.7 Å². The molecule has 2 N–H and O–H groups in total. The van der Waals surface area contributed by atoms with Gasteiger partial charge >= 0.3 is 0 Å². The minimum Gasteiger partial charge on any atom is -0.380 e. The van der Waals surface area contributed by atoms with Gasteiger partial charge in [-0.2, -0.15) is 0 Å². The van der Waals surface area contributed by atoms with Crippen molar-refractivity contribution < 1.29 is 4.74 Å². The summed E-state index contributed by atoms with van der Waals surface area (Å²) in [4.78, 5) is 10.0. The molecule has 0 unspecified atom stereocenters. The van der Waals surface area contributed by atoms with Crippen LogP contribution in [0.2, 0.25) is 0 Å². The number of nitrogens with one attached hydrogen (secondary N) is 2. The zero-order valence-electron chi connectivity index (χ0n) is 12.0. The molecule has 0 bridgehead atoms. The summed E-state index contributed by atoms with van der Waals surface area (Å²) in [7, 11) is 0. The highest BCUT2D eigenvalue weighted by atomic mass is 32.1. The molecule has 0 spiro atoms. The van der Waals surface area contributed by atoms with Crippen LogP contribution in [-0.2, 0) is 11.2 Å². The summed E-state index contributed by atoms with van der Waals surface area (Å²) in [5.74, 6) is 0.843. The van der Waals surface area contributed by atoms with Crippen LogP contribution in [0.4, 0.5) is 0 Å². The first-order valence-corrected chi connectivity index (χ1v) is 7.59. The van der Waals surface area contributed by atoms with E-state index in [9.17, 15) is 0 Å². The van der Waals surface area contributed by atoms with Crippen LogP contribution in [0.5, 0.6) is 0 Å². The Labute approximate surface area is 119 Å². The highest BCUT2D eigenvalue weighted by Crippen LogP contribution is 2.10. The van der Waals surface area contributed by atoms with Crippen molar-refractivity contribution in [2.45, 2.75) is 27.2 Å². The normalized spacial score (nSPS) is 11.6. The SMILES string of the molecule is CCNC(=NCCOCC)NCCc1ncc(C)s1. The fraction of sp³-hybridized carbons (Fsp3) is 0.692. The second kappa shape index (κ2) is 9.75. The Morgan fingerprint density at radius 1 is 1.42 bits per heavy atom. The van der Waals surface area contributed by atoms with Gasteiger partial charge in [0.2, 0.25) is 0 Å². The number of aryl methyl sites for hydroxylation is 1. The predicted molar refractivity (Wildman–Crippen MR) is 81.0 cm³/mol. The zero-order valence-corrected chi connectivity index (χ0v) is 12.8. The van der Waals surface area contributed by atoms with Gasteiger partial charge in [-0.25, -0.2) is 4.98 Å². The molecular formula is C13H24N4OS. The fourth-order valence-corrected chi connectivity index (χ4v) is 2.30. The summed E-state index contributed by atoms with van der Waals surface area (Å²) in [6.45, 7) is 9.91. The van der Waals surface area contributed by atoms with Crippen LogP contribution in [-0.4, -0.2) is 43.8 Å². The summed E-state index contributed by atoms with van der Waals surface area (Å²) in [6, 6.07) is 0. The van der Waals surface area contributed by atoms with Crippen LogP contribution < -0.4 is 10.6 Å². The monoisotopic (exact) mass is 284 g/mol. The third-order valence-corrected chi connectivity index (χ3v) is 3.33. The van der Waals surface area contributed by atoms with E-state index in [4.69, 9.17) is 4.74 Å². The topological polar surface area (TPSA) is 58.5 Å². The van der Waals surface area contributed by atoms with Gasteiger partial charge < -0.3 is 15.4 Å². The number of ether oxygens (including phenoxy) is 1. The van der Waals surface area contributed by atoms with E-state index in [1.165, 1.54) is 4.88 Å². The number of hydrogen-bond donors (Lipinski definition) is 2. The summed E-state index contributed by atoms with van der Waals surface area (Å²) < 4.78 is 5.27. The van der Waals surface area contributed by atoms with E-state index in [-0.39, 0.29) is 0 Å². The Morgan fingerprint density at radius 3 is 2.89 bits per heavy atom. The smallest absolute Gasteiger partial charge is 0.191 e. The maximum Gasteiger partial charge on any atom is 0.191 e. The number of rotatable bonds is 8. The molecule has 0 aliphatic carbocycles. The van der Waals surface area contributed by atoms with Gasteiger partial charge in [-0.05, 0) is 20.8 Å². The maximum absolute atomic E-state index is 5.27. The van der Waals surface area contributed by atoms with Gasteiger partial charge in [0.25, 0.3) is 0 Å². The zero-order chi connectivity index (χ0) is 13.9. The van der Waals surface area contributed by atoms with Crippen molar-refractivity contribution in [2.75, 3.05) is 32.8 Å². The molecule has 1 aromatic heterocycles. The van der Waals surface area contributed by atoms with E-state index < -0.39 is 0 Å². The molecular weight excluding hydrogens is 260 g/mol. The lowest BCUT2D eigenvalue weighted by Gasteiger charge is -2.10. The molecule has 19 heavy (non-hydrogen) atoms. The average molecular weight is 284 g/mol. The lowest BCUT2D eigenvalue weighted by molar-refractivity contribution is 0.155. The molecule has 0 fully saturated rings. The van der Waals surface area contributed by atoms with E-state index in [0.717, 1.165) is 37.1 Å². The largest absolute Gasteiger partial charge is 0.380 e. The molecule has 108 valence electrons. The van der Waals surface area contributed by atoms with Gasteiger partial charge in [0.15, 0.2) is 5.96 Å². The van der Waals surface area contributed by atoms with Crippen molar-refractivity contribution in [3.05, 3.63) is 16.1 Å². The maximum atomic E-state index is 5.27. The van der Waals surface area contributed by atoms with E-state index >= 15 is 0 Å². The molecule has 0 saturated carbocycles. The van der Waals surface area contributed by atoms with Crippen LogP contribution >= 0.6 is 11.3 Å². The minimum absolute atomic E-state index is 0.665. The van der Waals surface area contributed by atoms with Gasteiger partial charge in [-0.1, -0.05) is 0 Å². The van der Waals surface area contributed by atoms with Gasteiger partial charge in [-0.15, -0.1) is 11.3 Å². The molecule has 0 aliphatic rings. The third-order valence-electron chi connectivity index (χ3n) is 2.35. The van der Waals surface area contributed by atoms with Crippen molar-refractivity contribution in [1.82, 2.24) is 15.6 Å². The lowest BCUT2D eigenvalue weighted by Crippen LogP contribution is -2.38. The van der Waals surface area contributed by atoms with Crippen LogP contribution in [0.25, 0.3) is 0 Å². The Kier molecular flexibility index (Phi) is 8.16. The second-order valence-corrected chi connectivity index (χ2v) is 5.32. The molecule has 6 heteroatoms. The lowest BCUT2D eigenvalue weighted by atomic mass is 10.4. The first-order chi connectivity index (χ1) is 9.26. The Hall–Kier alpha value is -1.14. The quantitative estimate of drug-likeness (QED) is 0.432. The van der Waals surface area contributed by atoms with E-state index in [1.807, 2.05) is 13.1 Å². The first kappa shape index (κ1) is 15.9. The Morgan fingerprint density at radius 2 is 2.26 bits per heavy atom. The first-order valence-electron chi connectivity index (χ1n) is 6.77. The molecule has 1 aromatic rings. The highest BCUT2D eigenvalue weighted by molar-refractivity contribution is 7.11. The molecule has 1 rings (SSSR count). The number of aromatic nitrogens is 1. The molecule has 0 aliphatic heterocycles. The van der Waals surface area contributed by atoms with Crippen LogP contribution in [0.3, 0.4) is 0 Å². The van der Waals surface area contributed by atoms with E-state index in [0.29, 0.717) is 13.2 Å². The van der Waals surface area contributed by atoms with Gasteiger partial charge in [0.1, 0.15) is 0 Å². The predicted octanol–water partition coefficient (Wildman–Crippen LogP) is 1.59. The summed E-state index contributed by atoms with van der Waals surface area (Å²) in [5.41, 5.74) is 0. The van der Waals surface area contributed by atoms with Crippen LogP contribution in [0.15, 0.2) is 11.2 Å². The summed E-state index contributed by atoms with van der Waals surface area (Å²) in [6.07, 6.45) is 2.84. The summed E-state index contributed by atoms with van der Waals surface area (Å²) >= 11 is 1.75.